The predicted molar refractivity (Wildman–Crippen MR) is 78.0 cm³/mol. The molecule has 0 radical (unpaired) electrons. The zero-order chi connectivity index (χ0) is 12.5. The van der Waals surface area contributed by atoms with E-state index in [4.69, 9.17) is 9.47 Å². The number of hydrogen-bond donors (Lipinski definition) is 0. The maximum Gasteiger partial charge on any atom is 0.192 e. The Bertz CT molecular complexity index is 533. The molecule has 90 valence electrons. The summed E-state index contributed by atoms with van der Waals surface area (Å²) >= 11 is 2.35. The van der Waals surface area contributed by atoms with Gasteiger partial charge in [-0.25, -0.2) is 0 Å². The first kappa shape index (κ1) is 12.8. The van der Waals surface area contributed by atoms with Crippen molar-refractivity contribution < 1.29 is 9.47 Å². The lowest BCUT2D eigenvalue weighted by molar-refractivity contribution is -0.202. The van der Waals surface area contributed by atoms with Crippen LogP contribution in [0.2, 0.25) is 0 Å². The van der Waals surface area contributed by atoms with Gasteiger partial charge in [0.1, 0.15) is 0 Å². The third kappa shape index (κ3) is 2.19. The fraction of sp³-hybridized carbons (Fsp3) is 0.286. The van der Waals surface area contributed by atoms with E-state index >= 15 is 0 Å². The van der Waals surface area contributed by atoms with Gasteiger partial charge < -0.3 is 9.47 Å². The van der Waals surface area contributed by atoms with E-state index in [1.54, 1.807) is 14.2 Å². The minimum Gasteiger partial charge on any atom is -0.349 e. The summed E-state index contributed by atoms with van der Waals surface area (Å²) in [6.45, 7) is 1.93. The average molecular weight is 342 g/mol. The number of hydrogen-bond acceptors (Lipinski definition) is 2. The fourth-order valence-electron chi connectivity index (χ4n) is 1.89. The second-order valence-corrected chi connectivity index (χ2v) is 5.08. The summed E-state index contributed by atoms with van der Waals surface area (Å²) in [5.74, 6) is -0.694. The van der Waals surface area contributed by atoms with Gasteiger partial charge in [0.15, 0.2) is 5.79 Å². The molecule has 2 rings (SSSR count). The van der Waals surface area contributed by atoms with E-state index in [1.807, 2.05) is 19.1 Å². The fourth-order valence-corrected chi connectivity index (χ4v) is 3.05. The van der Waals surface area contributed by atoms with Crippen LogP contribution < -0.4 is 0 Å². The second kappa shape index (κ2) is 4.92. The van der Waals surface area contributed by atoms with E-state index in [9.17, 15) is 0 Å². The van der Waals surface area contributed by atoms with Gasteiger partial charge in [0, 0.05) is 23.4 Å². The minimum atomic E-state index is -0.694. The second-order valence-electron chi connectivity index (χ2n) is 4.00. The van der Waals surface area contributed by atoms with Crippen LogP contribution in [0.4, 0.5) is 0 Å². The molecular weight excluding hydrogens is 327 g/mol. The van der Waals surface area contributed by atoms with E-state index in [0.29, 0.717) is 0 Å². The largest absolute Gasteiger partial charge is 0.349 e. The van der Waals surface area contributed by atoms with Crippen molar-refractivity contribution in [1.29, 1.82) is 0 Å². The lowest BCUT2D eigenvalue weighted by Crippen LogP contribution is -2.27. The van der Waals surface area contributed by atoms with E-state index < -0.39 is 5.79 Å². The third-order valence-corrected chi connectivity index (χ3v) is 4.29. The molecular formula is C14H15IO2. The molecule has 0 heterocycles. The summed E-state index contributed by atoms with van der Waals surface area (Å²) in [5.41, 5.74) is 1.06. The predicted octanol–water partition coefficient (Wildman–Crippen LogP) is 3.91. The van der Waals surface area contributed by atoms with Crippen LogP contribution in [-0.4, -0.2) is 14.2 Å². The minimum absolute atomic E-state index is 0.694. The van der Waals surface area contributed by atoms with Crippen LogP contribution in [0.3, 0.4) is 0 Å². The summed E-state index contributed by atoms with van der Waals surface area (Å²) in [4.78, 5) is 0. The summed E-state index contributed by atoms with van der Waals surface area (Å²) in [5, 5.41) is 2.46. The van der Waals surface area contributed by atoms with Crippen LogP contribution in [0.15, 0.2) is 36.4 Å². The van der Waals surface area contributed by atoms with E-state index in [0.717, 1.165) is 5.56 Å². The lowest BCUT2D eigenvalue weighted by atomic mass is 10.0. The highest BCUT2D eigenvalue weighted by Gasteiger charge is 2.28. The molecule has 0 spiro atoms. The molecule has 0 atom stereocenters. The van der Waals surface area contributed by atoms with Gasteiger partial charge in [-0.1, -0.05) is 36.4 Å². The Morgan fingerprint density at radius 2 is 1.65 bits per heavy atom. The van der Waals surface area contributed by atoms with Crippen molar-refractivity contribution in [3.8, 4) is 0 Å². The normalized spacial score (nSPS) is 12.0. The van der Waals surface area contributed by atoms with Crippen molar-refractivity contribution in [3.63, 3.8) is 0 Å². The van der Waals surface area contributed by atoms with Crippen molar-refractivity contribution in [2.24, 2.45) is 0 Å². The maximum atomic E-state index is 5.48. The monoisotopic (exact) mass is 342 g/mol. The van der Waals surface area contributed by atoms with Crippen molar-refractivity contribution in [1.82, 2.24) is 0 Å². The van der Waals surface area contributed by atoms with E-state index in [1.165, 1.54) is 14.3 Å². The molecule has 0 aromatic heterocycles. The third-order valence-electron chi connectivity index (χ3n) is 3.13. The molecule has 0 bridgehead atoms. The molecule has 0 fully saturated rings. The molecule has 2 aromatic carbocycles. The topological polar surface area (TPSA) is 18.5 Å². The van der Waals surface area contributed by atoms with Crippen molar-refractivity contribution in [3.05, 3.63) is 45.5 Å². The Labute approximate surface area is 115 Å². The van der Waals surface area contributed by atoms with Gasteiger partial charge in [0.2, 0.25) is 0 Å². The highest BCUT2D eigenvalue weighted by atomic mass is 127. The molecule has 2 nitrogen and oxygen atoms in total. The van der Waals surface area contributed by atoms with Gasteiger partial charge in [0.05, 0.1) is 0 Å². The van der Waals surface area contributed by atoms with Crippen LogP contribution in [0.25, 0.3) is 10.8 Å². The molecule has 0 amide bonds. The number of rotatable bonds is 3. The highest BCUT2D eigenvalue weighted by Crippen LogP contribution is 2.33. The molecule has 0 saturated carbocycles. The number of ether oxygens (including phenoxy) is 2. The number of methoxy groups -OCH3 is 2. The first-order valence-electron chi connectivity index (χ1n) is 5.40. The Balaban J connectivity index is 2.68. The van der Waals surface area contributed by atoms with Crippen LogP contribution in [0.5, 0.6) is 0 Å². The van der Waals surface area contributed by atoms with E-state index in [-0.39, 0.29) is 0 Å². The molecule has 0 saturated heterocycles. The molecule has 17 heavy (non-hydrogen) atoms. The first-order valence-corrected chi connectivity index (χ1v) is 6.48. The van der Waals surface area contributed by atoms with Gasteiger partial charge in [-0.3, -0.25) is 0 Å². The van der Waals surface area contributed by atoms with Gasteiger partial charge in [0.25, 0.3) is 0 Å². The Hall–Kier alpha value is -0.650. The van der Waals surface area contributed by atoms with Crippen molar-refractivity contribution in [2.45, 2.75) is 12.7 Å². The Morgan fingerprint density at radius 1 is 1.00 bits per heavy atom. The van der Waals surface area contributed by atoms with Crippen molar-refractivity contribution in [2.75, 3.05) is 14.2 Å². The quantitative estimate of drug-likeness (QED) is 0.622. The zero-order valence-corrected chi connectivity index (χ0v) is 12.3. The molecule has 0 N–H and O–H groups in total. The molecule has 0 unspecified atom stereocenters. The SMILES string of the molecule is COC(C)(OC)c1ccc2ccccc2c1I. The highest BCUT2D eigenvalue weighted by molar-refractivity contribution is 14.1. The van der Waals surface area contributed by atoms with Crippen molar-refractivity contribution >= 4 is 33.4 Å². The zero-order valence-electron chi connectivity index (χ0n) is 10.2. The number of fused-ring (bicyclic) bond motifs is 1. The smallest absolute Gasteiger partial charge is 0.192 e. The number of halogens is 1. The first-order chi connectivity index (χ1) is 8.12. The summed E-state index contributed by atoms with van der Waals surface area (Å²) < 4.78 is 12.1. The number of benzene rings is 2. The van der Waals surface area contributed by atoms with Gasteiger partial charge in [-0.15, -0.1) is 0 Å². The van der Waals surface area contributed by atoms with Crippen LogP contribution in [0.1, 0.15) is 12.5 Å². The lowest BCUT2D eigenvalue weighted by Gasteiger charge is -2.28. The average Bonchev–Trinajstić information content (AvgIpc) is 2.38. The van der Waals surface area contributed by atoms with Gasteiger partial charge in [-0.05, 0) is 40.3 Å². The summed E-state index contributed by atoms with van der Waals surface area (Å²) in [6, 6.07) is 12.5. The molecule has 0 aliphatic rings. The van der Waals surface area contributed by atoms with Gasteiger partial charge in [-0.2, -0.15) is 0 Å². The summed E-state index contributed by atoms with van der Waals surface area (Å²) in [7, 11) is 3.32. The Kier molecular flexibility index (Phi) is 3.70. The van der Waals surface area contributed by atoms with E-state index in [2.05, 4.69) is 46.9 Å². The van der Waals surface area contributed by atoms with Gasteiger partial charge >= 0.3 is 0 Å². The molecule has 3 heteroatoms. The maximum absolute atomic E-state index is 5.48. The standard InChI is InChI=1S/C14H15IO2/c1-14(16-2,17-3)12-9-8-10-6-4-5-7-11(10)13(12)15/h4-9H,1-3H3. The molecule has 0 aliphatic heterocycles. The van der Waals surface area contributed by atoms with Crippen LogP contribution in [-0.2, 0) is 15.3 Å². The Morgan fingerprint density at radius 3 is 2.29 bits per heavy atom. The van der Waals surface area contributed by atoms with Crippen LogP contribution >= 0.6 is 22.6 Å². The van der Waals surface area contributed by atoms with Crippen LogP contribution in [0, 0.1) is 3.57 Å². The molecule has 2 aromatic rings. The molecule has 0 aliphatic carbocycles. The summed E-state index contributed by atoms with van der Waals surface area (Å²) in [6.07, 6.45) is 0.